The van der Waals surface area contributed by atoms with E-state index in [2.05, 4.69) is 21.2 Å². The van der Waals surface area contributed by atoms with Gasteiger partial charge in [0.2, 0.25) is 0 Å². The molecule has 1 aromatic rings. The van der Waals surface area contributed by atoms with Crippen LogP contribution in [0.15, 0.2) is 21.2 Å². The van der Waals surface area contributed by atoms with E-state index < -0.39 is 5.72 Å². The van der Waals surface area contributed by atoms with Gasteiger partial charge in [-0.1, -0.05) is 0 Å². The summed E-state index contributed by atoms with van der Waals surface area (Å²) in [6.45, 7) is 3.56. The highest BCUT2D eigenvalue weighted by atomic mass is 79.9. The molecule has 1 aliphatic heterocycles. The van der Waals surface area contributed by atoms with Crippen molar-refractivity contribution in [2.75, 3.05) is 13.2 Å². The van der Waals surface area contributed by atoms with Gasteiger partial charge in [0.1, 0.15) is 0 Å². The zero-order chi connectivity index (χ0) is 8.60. The molecular formula is C8H10BrNO2. The van der Waals surface area contributed by atoms with E-state index in [4.69, 9.17) is 9.15 Å². The quantitative estimate of drug-likeness (QED) is 0.802. The van der Waals surface area contributed by atoms with Crippen LogP contribution < -0.4 is 5.32 Å². The van der Waals surface area contributed by atoms with Gasteiger partial charge in [-0.2, -0.15) is 0 Å². The summed E-state index contributed by atoms with van der Waals surface area (Å²) in [4.78, 5) is 0. The van der Waals surface area contributed by atoms with Crippen LogP contribution in [0, 0.1) is 0 Å². The van der Waals surface area contributed by atoms with E-state index >= 15 is 0 Å². The lowest BCUT2D eigenvalue weighted by molar-refractivity contribution is -0.0158. The normalized spacial score (nSPS) is 29.5. The van der Waals surface area contributed by atoms with Gasteiger partial charge >= 0.3 is 0 Å². The van der Waals surface area contributed by atoms with Gasteiger partial charge in [0, 0.05) is 6.54 Å². The standard InChI is InChI=1S/C8H10BrNO2/c1-8(10-4-5-11-8)6-2-3-7(9)12-6/h2-3,10H,4-5H2,1H3. The maximum atomic E-state index is 5.51. The number of ether oxygens (including phenoxy) is 1. The fourth-order valence-corrected chi connectivity index (χ4v) is 1.63. The predicted octanol–water partition coefficient (Wildman–Crippen LogP) is 1.83. The number of hydrogen-bond donors (Lipinski definition) is 1. The molecular weight excluding hydrogens is 222 g/mol. The molecule has 0 aromatic carbocycles. The largest absolute Gasteiger partial charge is 0.450 e. The molecule has 0 bridgehead atoms. The molecule has 0 radical (unpaired) electrons. The minimum absolute atomic E-state index is 0.438. The van der Waals surface area contributed by atoms with Gasteiger partial charge in [-0.3, -0.25) is 5.32 Å². The third-order valence-corrected chi connectivity index (χ3v) is 2.42. The second-order valence-corrected chi connectivity index (χ2v) is 3.69. The molecule has 3 nitrogen and oxygen atoms in total. The van der Waals surface area contributed by atoms with Crippen molar-refractivity contribution >= 4 is 15.9 Å². The molecule has 1 atom stereocenters. The number of halogens is 1. The monoisotopic (exact) mass is 231 g/mol. The van der Waals surface area contributed by atoms with Crippen LogP contribution in [0.4, 0.5) is 0 Å². The van der Waals surface area contributed by atoms with Crippen molar-refractivity contribution in [3.05, 3.63) is 22.6 Å². The van der Waals surface area contributed by atoms with Gasteiger partial charge in [-0.05, 0) is 35.0 Å². The van der Waals surface area contributed by atoms with E-state index in [0.717, 1.165) is 23.6 Å². The third kappa shape index (κ3) is 1.30. The molecule has 1 N–H and O–H groups in total. The zero-order valence-electron chi connectivity index (χ0n) is 6.76. The highest BCUT2D eigenvalue weighted by Gasteiger charge is 2.34. The molecule has 2 rings (SSSR count). The van der Waals surface area contributed by atoms with E-state index in [1.54, 1.807) is 0 Å². The second kappa shape index (κ2) is 2.87. The molecule has 1 saturated heterocycles. The van der Waals surface area contributed by atoms with Crippen LogP contribution in [-0.4, -0.2) is 13.2 Å². The highest BCUT2D eigenvalue weighted by Crippen LogP contribution is 2.28. The summed E-state index contributed by atoms with van der Waals surface area (Å²) < 4.78 is 11.6. The molecule has 2 heterocycles. The van der Waals surface area contributed by atoms with Crippen molar-refractivity contribution in [3.8, 4) is 0 Å². The van der Waals surface area contributed by atoms with Crippen molar-refractivity contribution in [2.24, 2.45) is 0 Å². The molecule has 0 spiro atoms. The number of rotatable bonds is 1. The van der Waals surface area contributed by atoms with Crippen LogP contribution in [0.2, 0.25) is 0 Å². The predicted molar refractivity (Wildman–Crippen MR) is 47.7 cm³/mol. The Morgan fingerprint density at radius 2 is 2.42 bits per heavy atom. The van der Waals surface area contributed by atoms with Crippen molar-refractivity contribution in [3.63, 3.8) is 0 Å². The van der Waals surface area contributed by atoms with Gasteiger partial charge in [0.15, 0.2) is 16.2 Å². The minimum atomic E-state index is -0.438. The summed E-state index contributed by atoms with van der Waals surface area (Å²) in [6, 6.07) is 3.77. The number of furan rings is 1. The van der Waals surface area contributed by atoms with Crippen LogP contribution in [0.25, 0.3) is 0 Å². The average molecular weight is 232 g/mol. The van der Waals surface area contributed by atoms with E-state index in [0.29, 0.717) is 0 Å². The van der Waals surface area contributed by atoms with Gasteiger partial charge in [0.05, 0.1) is 6.61 Å². The Labute approximate surface area is 79.2 Å². The summed E-state index contributed by atoms with van der Waals surface area (Å²) in [5, 5.41) is 3.23. The van der Waals surface area contributed by atoms with Crippen LogP contribution in [0.3, 0.4) is 0 Å². The number of hydrogen-bond acceptors (Lipinski definition) is 3. The van der Waals surface area contributed by atoms with E-state index in [-0.39, 0.29) is 0 Å². The van der Waals surface area contributed by atoms with Crippen LogP contribution >= 0.6 is 15.9 Å². The third-order valence-electron chi connectivity index (χ3n) is 2.00. The molecule has 0 saturated carbocycles. The van der Waals surface area contributed by atoms with Gasteiger partial charge in [0.25, 0.3) is 0 Å². The van der Waals surface area contributed by atoms with Crippen LogP contribution in [0.5, 0.6) is 0 Å². The lowest BCUT2D eigenvalue weighted by Gasteiger charge is -2.20. The summed E-state index contributed by atoms with van der Waals surface area (Å²) in [5.41, 5.74) is -0.438. The Kier molecular flexibility index (Phi) is 1.98. The molecule has 12 heavy (non-hydrogen) atoms. The second-order valence-electron chi connectivity index (χ2n) is 2.91. The Bertz CT molecular complexity index is 278. The Morgan fingerprint density at radius 3 is 2.92 bits per heavy atom. The maximum Gasteiger partial charge on any atom is 0.175 e. The fourth-order valence-electron chi connectivity index (χ4n) is 1.32. The Hall–Kier alpha value is -0.320. The fraction of sp³-hybridized carbons (Fsp3) is 0.500. The van der Waals surface area contributed by atoms with Gasteiger partial charge < -0.3 is 9.15 Å². The summed E-state index contributed by atoms with van der Waals surface area (Å²) in [7, 11) is 0. The highest BCUT2D eigenvalue weighted by molar-refractivity contribution is 9.10. The Morgan fingerprint density at radius 1 is 1.58 bits per heavy atom. The first-order valence-electron chi connectivity index (χ1n) is 3.85. The lowest BCUT2D eigenvalue weighted by atomic mass is 10.2. The molecule has 66 valence electrons. The first-order valence-corrected chi connectivity index (χ1v) is 4.65. The molecule has 1 aromatic heterocycles. The van der Waals surface area contributed by atoms with Crippen molar-refractivity contribution < 1.29 is 9.15 Å². The first-order chi connectivity index (χ1) is 5.71. The summed E-state index contributed by atoms with van der Waals surface area (Å²) in [6.07, 6.45) is 0. The molecule has 0 aliphatic carbocycles. The first kappa shape index (κ1) is 8.29. The van der Waals surface area contributed by atoms with Gasteiger partial charge in [-0.25, -0.2) is 0 Å². The zero-order valence-corrected chi connectivity index (χ0v) is 8.35. The van der Waals surface area contributed by atoms with Crippen LogP contribution in [-0.2, 0) is 10.5 Å². The topological polar surface area (TPSA) is 34.4 Å². The maximum absolute atomic E-state index is 5.51. The molecule has 4 heteroatoms. The SMILES string of the molecule is CC1(c2ccc(Br)o2)NCCO1. The molecule has 1 unspecified atom stereocenters. The smallest absolute Gasteiger partial charge is 0.175 e. The number of nitrogens with one attached hydrogen (secondary N) is 1. The average Bonchev–Trinajstić information content (AvgIpc) is 2.59. The minimum Gasteiger partial charge on any atom is -0.450 e. The van der Waals surface area contributed by atoms with E-state index in [9.17, 15) is 0 Å². The molecule has 1 aliphatic rings. The molecule has 1 fully saturated rings. The van der Waals surface area contributed by atoms with Gasteiger partial charge in [-0.15, -0.1) is 0 Å². The van der Waals surface area contributed by atoms with Crippen molar-refractivity contribution in [1.82, 2.24) is 5.32 Å². The summed E-state index contributed by atoms with van der Waals surface area (Å²) >= 11 is 3.25. The Balaban J connectivity index is 2.28. The molecule has 0 amide bonds. The van der Waals surface area contributed by atoms with Crippen LogP contribution in [0.1, 0.15) is 12.7 Å². The van der Waals surface area contributed by atoms with Crippen molar-refractivity contribution in [2.45, 2.75) is 12.6 Å². The summed E-state index contributed by atoms with van der Waals surface area (Å²) in [5.74, 6) is 0.812. The van der Waals surface area contributed by atoms with E-state index in [1.807, 2.05) is 19.1 Å². The van der Waals surface area contributed by atoms with Crippen molar-refractivity contribution in [1.29, 1.82) is 0 Å². The van der Waals surface area contributed by atoms with E-state index in [1.165, 1.54) is 0 Å². The lowest BCUT2D eigenvalue weighted by Crippen LogP contribution is -2.33.